The number of hydrogen-bond donors (Lipinski definition) is 3. The van der Waals surface area contributed by atoms with Gasteiger partial charge in [0, 0.05) is 6.61 Å². The molecule has 5 nitrogen and oxygen atoms in total. The second-order valence-electron chi connectivity index (χ2n) is 6.27. The number of hydrogen-bond acceptors (Lipinski definition) is 5. The molecule has 0 aromatic heterocycles. The van der Waals surface area contributed by atoms with E-state index in [0.717, 1.165) is 12.8 Å². The molecular formula is C18H34O5. The summed E-state index contributed by atoms with van der Waals surface area (Å²) in [4.78, 5) is 0. The highest BCUT2D eigenvalue weighted by Gasteiger charge is 2.40. The molecule has 1 saturated heterocycles. The van der Waals surface area contributed by atoms with E-state index in [-0.39, 0.29) is 13.2 Å². The van der Waals surface area contributed by atoms with E-state index in [2.05, 4.69) is 19.1 Å². The van der Waals surface area contributed by atoms with Gasteiger partial charge in [0.05, 0.1) is 13.2 Å². The summed E-state index contributed by atoms with van der Waals surface area (Å²) in [5.41, 5.74) is 0. The van der Waals surface area contributed by atoms with Crippen molar-refractivity contribution in [2.75, 3.05) is 19.8 Å². The van der Waals surface area contributed by atoms with Crippen LogP contribution in [0.5, 0.6) is 0 Å². The predicted molar refractivity (Wildman–Crippen MR) is 90.3 cm³/mol. The highest BCUT2D eigenvalue weighted by molar-refractivity contribution is 4.89. The molecule has 0 amide bonds. The number of aliphatic hydroxyl groups is 3. The summed E-state index contributed by atoms with van der Waals surface area (Å²) >= 11 is 0. The van der Waals surface area contributed by atoms with E-state index in [0.29, 0.717) is 6.61 Å². The zero-order chi connectivity index (χ0) is 16.9. The van der Waals surface area contributed by atoms with Gasteiger partial charge in [-0.25, -0.2) is 0 Å². The van der Waals surface area contributed by atoms with Crippen LogP contribution in [0.3, 0.4) is 0 Å². The topological polar surface area (TPSA) is 79.2 Å². The Morgan fingerprint density at radius 3 is 2.57 bits per heavy atom. The predicted octanol–water partition coefficient (Wildman–Crippen LogP) is 2.18. The first-order valence-electron chi connectivity index (χ1n) is 9.05. The Labute approximate surface area is 140 Å². The van der Waals surface area contributed by atoms with E-state index in [9.17, 15) is 10.2 Å². The fraction of sp³-hybridized carbons (Fsp3) is 0.889. The van der Waals surface area contributed by atoms with Crippen LogP contribution in [-0.4, -0.2) is 59.6 Å². The van der Waals surface area contributed by atoms with Crippen LogP contribution in [0.4, 0.5) is 0 Å². The molecule has 5 heteroatoms. The van der Waals surface area contributed by atoms with Crippen LogP contribution in [0, 0.1) is 0 Å². The van der Waals surface area contributed by atoms with Gasteiger partial charge in [0.1, 0.15) is 24.4 Å². The molecule has 0 aromatic rings. The third kappa shape index (κ3) is 8.27. The maximum atomic E-state index is 9.82. The third-order valence-corrected chi connectivity index (χ3v) is 4.18. The number of aliphatic hydroxyl groups excluding tert-OH is 3. The Bertz CT molecular complexity index is 308. The minimum absolute atomic E-state index is 0.151. The van der Waals surface area contributed by atoms with Gasteiger partial charge in [0.15, 0.2) is 0 Å². The van der Waals surface area contributed by atoms with Crippen molar-refractivity contribution >= 4 is 0 Å². The van der Waals surface area contributed by atoms with Gasteiger partial charge in [0.2, 0.25) is 0 Å². The van der Waals surface area contributed by atoms with E-state index in [1.807, 2.05) is 0 Å². The Hall–Kier alpha value is -0.460. The monoisotopic (exact) mass is 330 g/mol. The quantitative estimate of drug-likeness (QED) is 0.356. The lowest BCUT2D eigenvalue weighted by atomic mass is 10.1. The van der Waals surface area contributed by atoms with Crippen molar-refractivity contribution in [3.8, 4) is 0 Å². The molecule has 0 saturated carbocycles. The van der Waals surface area contributed by atoms with Gasteiger partial charge < -0.3 is 24.8 Å². The normalized spacial score (nSPS) is 26.2. The van der Waals surface area contributed by atoms with Gasteiger partial charge >= 0.3 is 0 Å². The van der Waals surface area contributed by atoms with Crippen molar-refractivity contribution in [2.24, 2.45) is 0 Å². The van der Waals surface area contributed by atoms with Crippen LogP contribution in [0.1, 0.15) is 58.3 Å². The zero-order valence-corrected chi connectivity index (χ0v) is 14.4. The lowest BCUT2D eigenvalue weighted by molar-refractivity contribution is -0.0938. The third-order valence-electron chi connectivity index (χ3n) is 4.18. The summed E-state index contributed by atoms with van der Waals surface area (Å²) in [6, 6.07) is 0. The molecule has 136 valence electrons. The largest absolute Gasteiger partial charge is 0.394 e. The van der Waals surface area contributed by atoms with E-state index in [4.69, 9.17) is 14.6 Å². The van der Waals surface area contributed by atoms with Crippen LogP contribution in [0.2, 0.25) is 0 Å². The minimum Gasteiger partial charge on any atom is -0.394 e. The van der Waals surface area contributed by atoms with Crippen LogP contribution >= 0.6 is 0 Å². The van der Waals surface area contributed by atoms with Crippen LogP contribution in [0.25, 0.3) is 0 Å². The minimum atomic E-state index is -1.00. The number of allylic oxidation sites excluding steroid dienone is 2. The van der Waals surface area contributed by atoms with Crippen molar-refractivity contribution in [3.63, 3.8) is 0 Å². The zero-order valence-electron chi connectivity index (χ0n) is 14.4. The fourth-order valence-electron chi connectivity index (χ4n) is 2.77. The Balaban J connectivity index is 2.01. The fourth-order valence-corrected chi connectivity index (χ4v) is 2.77. The number of rotatable bonds is 13. The average Bonchev–Trinajstić information content (AvgIpc) is 2.93. The molecule has 1 rings (SSSR count). The van der Waals surface area contributed by atoms with Crippen molar-refractivity contribution in [1.29, 1.82) is 0 Å². The Kier molecular flexibility index (Phi) is 11.5. The first-order valence-corrected chi connectivity index (χ1v) is 9.05. The SMILES string of the molecule is CCC/C=C/CCCCCCCO[C@H]1[C@@H]([C@@H](O)CO)OC[C@H]1O. The molecule has 1 heterocycles. The molecule has 0 aliphatic carbocycles. The van der Waals surface area contributed by atoms with Gasteiger partial charge in [-0.1, -0.05) is 44.8 Å². The van der Waals surface area contributed by atoms with Crippen molar-refractivity contribution in [2.45, 2.75) is 82.7 Å². The lowest BCUT2D eigenvalue weighted by Crippen LogP contribution is -2.42. The van der Waals surface area contributed by atoms with E-state index in [1.54, 1.807) is 0 Å². The first kappa shape index (κ1) is 20.6. The highest BCUT2D eigenvalue weighted by atomic mass is 16.6. The molecule has 0 aromatic carbocycles. The molecule has 0 spiro atoms. The molecule has 3 N–H and O–H groups in total. The highest BCUT2D eigenvalue weighted by Crippen LogP contribution is 2.21. The molecule has 0 radical (unpaired) electrons. The van der Waals surface area contributed by atoms with Gasteiger partial charge in [0.25, 0.3) is 0 Å². The molecule has 0 bridgehead atoms. The molecule has 1 aliphatic rings. The molecule has 0 unspecified atom stereocenters. The first-order chi connectivity index (χ1) is 11.2. The maximum absolute atomic E-state index is 9.82. The second kappa shape index (κ2) is 12.9. The summed E-state index contributed by atoms with van der Waals surface area (Å²) < 4.78 is 11.0. The lowest BCUT2D eigenvalue weighted by Gasteiger charge is -2.23. The van der Waals surface area contributed by atoms with Gasteiger partial charge in [-0.05, 0) is 25.7 Å². The van der Waals surface area contributed by atoms with E-state index >= 15 is 0 Å². The molecule has 1 fully saturated rings. The van der Waals surface area contributed by atoms with Crippen molar-refractivity contribution in [3.05, 3.63) is 12.2 Å². The number of unbranched alkanes of at least 4 members (excludes halogenated alkanes) is 6. The summed E-state index contributed by atoms with van der Waals surface area (Å²) in [7, 11) is 0. The molecule has 1 aliphatic heterocycles. The van der Waals surface area contributed by atoms with E-state index in [1.165, 1.54) is 38.5 Å². The maximum Gasteiger partial charge on any atom is 0.114 e. The molecule has 4 atom stereocenters. The molecular weight excluding hydrogens is 296 g/mol. The summed E-state index contributed by atoms with van der Waals surface area (Å²) in [5.74, 6) is 0. The summed E-state index contributed by atoms with van der Waals surface area (Å²) in [6.45, 7) is 2.51. The Morgan fingerprint density at radius 2 is 1.83 bits per heavy atom. The summed E-state index contributed by atoms with van der Waals surface area (Å²) in [6.07, 6.45) is 10.9. The summed E-state index contributed by atoms with van der Waals surface area (Å²) in [5, 5.41) is 28.5. The van der Waals surface area contributed by atoms with Gasteiger partial charge in [-0.3, -0.25) is 0 Å². The smallest absolute Gasteiger partial charge is 0.114 e. The molecule has 23 heavy (non-hydrogen) atoms. The van der Waals surface area contributed by atoms with Crippen LogP contribution < -0.4 is 0 Å². The number of ether oxygens (including phenoxy) is 2. The van der Waals surface area contributed by atoms with Crippen LogP contribution in [0.15, 0.2) is 12.2 Å². The van der Waals surface area contributed by atoms with Gasteiger partial charge in [-0.15, -0.1) is 0 Å². The second-order valence-corrected chi connectivity index (χ2v) is 6.27. The van der Waals surface area contributed by atoms with Gasteiger partial charge in [-0.2, -0.15) is 0 Å². The van der Waals surface area contributed by atoms with Crippen molar-refractivity contribution in [1.82, 2.24) is 0 Å². The average molecular weight is 330 g/mol. The van der Waals surface area contributed by atoms with E-state index < -0.39 is 24.4 Å². The Morgan fingerprint density at radius 1 is 1.13 bits per heavy atom. The van der Waals surface area contributed by atoms with Crippen molar-refractivity contribution < 1.29 is 24.8 Å². The van der Waals surface area contributed by atoms with Crippen LogP contribution in [-0.2, 0) is 9.47 Å². The standard InChI is InChI=1S/C18H34O5/c1-2-3-4-5-6-7-8-9-10-11-12-22-18-16(21)14-23-17(18)15(20)13-19/h4-5,15-21H,2-3,6-14H2,1H3/b5-4+/t15-,16+,17+,18+/m0/s1.